The van der Waals surface area contributed by atoms with E-state index in [1.54, 1.807) is 18.0 Å². The number of anilines is 2. The molecule has 0 spiro atoms. The first-order chi connectivity index (χ1) is 17.5. The summed E-state index contributed by atoms with van der Waals surface area (Å²) in [6, 6.07) is 0. The van der Waals surface area contributed by atoms with Gasteiger partial charge in [-0.1, -0.05) is 43.8 Å². The van der Waals surface area contributed by atoms with Crippen molar-refractivity contribution in [2.45, 2.75) is 6.92 Å². The number of carbonyl (C=O) groups is 1. The van der Waals surface area contributed by atoms with Crippen LogP contribution in [0, 0.1) is 5.92 Å². The second-order valence-electron chi connectivity index (χ2n) is 8.31. The van der Waals surface area contributed by atoms with E-state index < -0.39 is 5.83 Å². The molecule has 0 aliphatic heterocycles. The van der Waals surface area contributed by atoms with E-state index in [0.29, 0.717) is 23.9 Å². The minimum atomic E-state index is -0.493. The molecule has 1 rings (SSSR count). The molecule has 202 valence electrons. The number of halogens is 2. The van der Waals surface area contributed by atoms with Crippen LogP contribution in [-0.2, 0) is 9.53 Å². The zero-order chi connectivity index (χ0) is 27.8. The Labute approximate surface area is 224 Å². The summed E-state index contributed by atoms with van der Waals surface area (Å²) in [7, 11) is 7.15. The molecule has 1 amide bonds. The third-order valence-electron chi connectivity index (χ3n) is 4.71. The number of ether oxygens (including phenoxy) is 1. The van der Waals surface area contributed by atoms with Crippen LogP contribution < -0.4 is 16.0 Å². The van der Waals surface area contributed by atoms with Gasteiger partial charge in [-0.15, -0.1) is 0 Å². The lowest BCUT2D eigenvalue weighted by Gasteiger charge is -2.17. The Morgan fingerprint density at radius 3 is 2.68 bits per heavy atom. The van der Waals surface area contributed by atoms with E-state index in [0.717, 1.165) is 6.54 Å². The summed E-state index contributed by atoms with van der Waals surface area (Å²) in [6.45, 7) is 11.2. The van der Waals surface area contributed by atoms with Crippen molar-refractivity contribution < 1.29 is 13.9 Å². The Bertz CT molecular complexity index is 1040. The van der Waals surface area contributed by atoms with Gasteiger partial charge in [0, 0.05) is 45.2 Å². The number of likely N-dealkylation sites (N-methyl/N-ethyl adjacent to an activating group) is 2. The van der Waals surface area contributed by atoms with Crippen LogP contribution in [0.25, 0.3) is 0 Å². The van der Waals surface area contributed by atoms with Gasteiger partial charge in [-0.3, -0.25) is 4.79 Å². The van der Waals surface area contributed by atoms with E-state index in [2.05, 4.69) is 39.1 Å². The minimum Gasteiger partial charge on any atom is -0.495 e. The second-order valence-corrected chi connectivity index (χ2v) is 8.72. The van der Waals surface area contributed by atoms with Crippen LogP contribution in [0.1, 0.15) is 6.92 Å². The molecular formula is C26H37ClFN7O2. The lowest BCUT2D eigenvalue weighted by atomic mass is 10.1. The monoisotopic (exact) mass is 533 g/mol. The van der Waals surface area contributed by atoms with Crippen molar-refractivity contribution in [1.82, 2.24) is 25.1 Å². The maximum absolute atomic E-state index is 14.7. The van der Waals surface area contributed by atoms with Gasteiger partial charge >= 0.3 is 0 Å². The van der Waals surface area contributed by atoms with Gasteiger partial charge in [0.05, 0.1) is 19.0 Å². The normalized spacial score (nSPS) is 13.1. The zero-order valence-corrected chi connectivity index (χ0v) is 22.8. The van der Waals surface area contributed by atoms with Crippen molar-refractivity contribution >= 4 is 29.3 Å². The summed E-state index contributed by atoms with van der Waals surface area (Å²) in [5.41, 5.74) is 0.261. The maximum Gasteiger partial charge on any atom is 0.247 e. The molecule has 0 saturated carbocycles. The van der Waals surface area contributed by atoms with Crippen molar-refractivity contribution in [2.75, 3.05) is 58.5 Å². The second kappa shape index (κ2) is 16.9. The fourth-order valence-electron chi connectivity index (χ4n) is 2.60. The highest BCUT2D eigenvalue weighted by atomic mass is 35.5. The van der Waals surface area contributed by atoms with Gasteiger partial charge in [0.2, 0.25) is 11.9 Å². The molecule has 1 atom stereocenters. The highest BCUT2D eigenvalue weighted by Gasteiger charge is 2.11. The van der Waals surface area contributed by atoms with Gasteiger partial charge in [-0.25, -0.2) is 9.37 Å². The Kier molecular flexibility index (Phi) is 14.4. The van der Waals surface area contributed by atoms with E-state index in [4.69, 9.17) is 16.3 Å². The first-order valence-corrected chi connectivity index (χ1v) is 11.9. The summed E-state index contributed by atoms with van der Waals surface area (Å²) in [4.78, 5) is 23.4. The van der Waals surface area contributed by atoms with Crippen molar-refractivity contribution in [3.63, 3.8) is 0 Å². The van der Waals surface area contributed by atoms with Crippen LogP contribution in [0.2, 0.25) is 5.02 Å². The fraction of sp³-hybridized carbons (Fsp3) is 0.346. The molecule has 0 saturated heterocycles. The number of methoxy groups -OCH3 is 1. The molecule has 37 heavy (non-hydrogen) atoms. The molecule has 0 aromatic carbocycles. The SMILES string of the molecule is C=CC(=O)N/C=C/C=C\C(C)CNc1nc(N/C(=C/C(F)=C/N(C)CCN(C)C)C(=C)OC)ncc1Cl. The van der Waals surface area contributed by atoms with E-state index in [-0.39, 0.29) is 29.2 Å². The first-order valence-electron chi connectivity index (χ1n) is 11.5. The summed E-state index contributed by atoms with van der Waals surface area (Å²) in [5, 5.41) is 8.99. The number of aromatic nitrogens is 2. The number of amides is 1. The van der Waals surface area contributed by atoms with Gasteiger partial charge in [-0.2, -0.15) is 4.98 Å². The van der Waals surface area contributed by atoms with Crippen LogP contribution in [0.15, 0.2) is 79.4 Å². The largest absolute Gasteiger partial charge is 0.495 e. The molecule has 1 heterocycles. The van der Waals surface area contributed by atoms with E-state index >= 15 is 0 Å². The Morgan fingerprint density at radius 2 is 2.03 bits per heavy atom. The number of hydrogen-bond acceptors (Lipinski definition) is 8. The fourth-order valence-corrected chi connectivity index (χ4v) is 2.76. The third kappa shape index (κ3) is 13.3. The predicted octanol–water partition coefficient (Wildman–Crippen LogP) is 4.31. The number of allylic oxidation sites excluding steroid dienone is 4. The third-order valence-corrected chi connectivity index (χ3v) is 4.99. The Hall–Kier alpha value is -3.63. The molecule has 11 heteroatoms. The standard InChI is InChI=1S/C26H37ClFN7O2/c1-8-24(36)29-12-10-9-11-19(2)16-30-25-22(27)17-31-26(33-25)32-23(20(3)37-7)15-21(28)18-35(6)14-13-34(4)5/h8-12,15,17-19H,1,3,13-14,16H2,2,4-7H3,(H,29,36)(H2,30,31,32,33)/b11-9-,12-10+,21-18-,23-15+. The molecule has 1 unspecified atom stereocenters. The number of rotatable bonds is 16. The maximum atomic E-state index is 14.7. The minimum absolute atomic E-state index is 0.120. The van der Waals surface area contributed by atoms with Gasteiger partial charge < -0.3 is 30.5 Å². The number of hydrogen-bond donors (Lipinski definition) is 3. The van der Waals surface area contributed by atoms with E-state index in [1.165, 1.54) is 37.9 Å². The Morgan fingerprint density at radius 1 is 1.30 bits per heavy atom. The molecule has 0 aliphatic carbocycles. The molecular weight excluding hydrogens is 497 g/mol. The number of nitrogens with one attached hydrogen (secondary N) is 3. The lowest BCUT2D eigenvalue weighted by Crippen LogP contribution is -2.25. The van der Waals surface area contributed by atoms with E-state index in [9.17, 15) is 9.18 Å². The summed E-state index contributed by atoms with van der Waals surface area (Å²) in [5.74, 6) is 0.163. The zero-order valence-electron chi connectivity index (χ0n) is 22.1. The smallest absolute Gasteiger partial charge is 0.247 e. The average Bonchev–Trinajstić information content (AvgIpc) is 2.86. The van der Waals surface area contributed by atoms with E-state index in [1.807, 2.05) is 38.1 Å². The van der Waals surface area contributed by atoms with Gasteiger partial charge in [-0.05, 0) is 32.2 Å². The molecule has 9 nitrogen and oxygen atoms in total. The van der Waals surface area contributed by atoms with Crippen molar-refractivity contribution in [3.05, 3.63) is 84.4 Å². The molecule has 0 radical (unpaired) electrons. The lowest BCUT2D eigenvalue weighted by molar-refractivity contribution is -0.115. The highest BCUT2D eigenvalue weighted by molar-refractivity contribution is 6.32. The van der Waals surface area contributed by atoms with Gasteiger partial charge in [0.1, 0.15) is 16.6 Å². The van der Waals surface area contributed by atoms with Crippen LogP contribution in [-0.4, -0.2) is 73.6 Å². The van der Waals surface area contributed by atoms with Crippen LogP contribution in [0.4, 0.5) is 16.2 Å². The average molecular weight is 534 g/mol. The Balaban J connectivity index is 2.89. The molecule has 1 aromatic heterocycles. The van der Waals surface area contributed by atoms with Crippen LogP contribution in [0.5, 0.6) is 0 Å². The van der Waals surface area contributed by atoms with Gasteiger partial charge in [0.15, 0.2) is 5.82 Å². The number of carbonyl (C=O) groups excluding carboxylic acids is 1. The highest BCUT2D eigenvalue weighted by Crippen LogP contribution is 2.22. The van der Waals surface area contributed by atoms with Crippen LogP contribution >= 0.6 is 11.6 Å². The predicted molar refractivity (Wildman–Crippen MR) is 150 cm³/mol. The topological polar surface area (TPSA) is 94.6 Å². The number of nitrogens with zero attached hydrogens (tertiary/aromatic N) is 4. The van der Waals surface area contributed by atoms with Crippen molar-refractivity contribution in [1.29, 1.82) is 0 Å². The first kappa shape index (κ1) is 31.4. The quantitative estimate of drug-likeness (QED) is 0.164. The van der Waals surface area contributed by atoms with Crippen LogP contribution in [0.3, 0.4) is 0 Å². The summed E-state index contributed by atoms with van der Waals surface area (Å²) >= 11 is 6.26. The molecule has 0 fully saturated rings. The van der Waals surface area contributed by atoms with Gasteiger partial charge in [0.25, 0.3) is 0 Å². The molecule has 3 N–H and O–H groups in total. The molecule has 1 aromatic rings. The van der Waals surface area contributed by atoms with Crippen molar-refractivity contribution in [3.8, 4) is 0 Å². The summed E-state index contributed by atoms with van der Waals surface area (Å²) < 4.78 is 19.9. The molecule has 0 bridgehead atoms. The van der Waals surface area contributed by atoms with Crippen molar-refractivity contribution in [2.24, 2.45) is 5.92 Å². The molecule has 0 aliphatic rings. The summed E-state index contributed by atoms with van der Waals surface area (Å²) in [6.07, 6.45) is 12.3.